The Kier molecular flexibility index (Phi) is 7.89. The molecule has 1 atom stereocenters. The maximum Gasteiger partial charge on any atom is 0.305 e. The van der Waals surface area contributed by atoms with Gasteiger partial charge >= 0.3 is 5.97 Å². The van der Waals surface area contributed by atoms with Crippen molar-refractivity contribution in [2.45, 2.75) is 18.9 Å². The third kappa shape index (κ3) is 6.32. The van der Waals surface area contributed by atoms with Crippen molar-refractivity contribution in [3.8, 4) is 11.5 Å². The highest BCUT2D eigenvalue weighted by Gasteiger charge is 2.19. The Labute approximate surface area is 168 Å². The maximum atomic E-state index is 12.3. The van der Waals surface area contributed by atoms with E-state index in [9.17, 15) is 9.59 Å². The van der Waals surface area contributed by atoms with Crippen LogP contribution in [0.5, 0.6) is 11.5 Å². The Hall–Kier alpha value is -2.99. The zero-order chi connectivity index (χ0) is 20.5. The van der Waals surface area contributed by atoms with Gasteiger partial charge in [-0.2, -0.15) is 0 Å². The minimum atomic E-state index is -1.03. The highest BCUT2D eigenvalue weighted by atomic mass is 35.5. The number of carbonyl (C=O) groups excluding carboxylic acids is 1. The van der Waals surface area contributed by atoms with Crippen LogP contribution in [-0.4, -0.2) is 30.7 Å². The number of amides is 1. The molecular formula is C21H22ClNO5. The molecule has 0 saturated carbocycles. The van der Waals surface area contributed by atoms with Crippen LogP contribution in [0.4, 0.5) is 0 Å². The zero-order valence-corrected chi connectivity index (χ0v) is 16.2. The fourth-order valence-electron chi connectivity index (χ4n) is 2.63. The van der Waals surface area contributed by atoms with E-state index in [4.69, 9.17) is 26.2 Å². The minimum Gasteiger partial charge on any atom is -0.493 e. The van der Waals surface area contributed by atoms with E-state index in [-0.39, 0.29) is 13.0 Å². The third-order valence-electron chi connectivity index (χ3n) is 3.95. The summed E-state index contributed by atoms with van der Waals surface area (Å²) in [6.07, 6.45) is 2.21. The molecule has 0 aliphatic heterocycles. The largest absolute Gasteiger partial charge is 0.493 e. The summed E-state index contributed by atoms with van der Waals surface area (Å²) in [4.78, 5) is 23.5. The summed E-state index contributed by atoms with van der Waals surface area (Å²) in [6.45, 7) is 3.42. The van der Waals surface area contributed by atoms with E-state index in [1.807, 2.05) is 12.1 Å². The van der Waals surface area contributed by atoms with E-state index in [2.05, 4.69) is 11.9 Å². The molecule has 2 N–H and O–H groups in total. The Balaban J connectivity index is 2.03. The van der Waals surface area contributed by atoms with Crippen molar-refractivity contribution in [1.82, 2.24) is 5.32 Å². The Morgan fingerprint density at radius 2 is 1.93 bits per heavy atom. The average Bonchev–Trinajstić information content (AvgIpc) is 2.66. The molecule has 0 unspecified atom stereocenters. The minimum absolute atomic E-state index is 0.257. The number of hydrogen-bond acceptors (Lipinski definition) is 4. The van der Waals surface area contributed by atoms with Gasteiger partial charge in [-0.15, -0.1) is 6.58 Å². The van der Waals surface area contributed by atoms with Gasteiger partial charge in [0.25, 0.3) is 5.91 Å². The molecule has 148 valence electrons. The van der Waals surface area contributed by atoms with Crippen LogP contribution in [0, 0.1) is 0 Å². The first-order valence-corrected chi connectivity index (χ1v) is 8.98. The average molecular weight is 404 g/mol. The molecule has 7 heteroatoms. The number of carboxylic acid groups (broad SMARTS) is 1. The second kappa shape index (κ2) is 10.4. The number of ether oxygens (including phenoxy) is 2. The van der Waals surface area contributed by atoms with Gasteiger partial charge in [-0.05, 0) is 41.8 Å². The highest BCUT2D eigenvalue weighted by Crippen LogP contribution is 2.28. The van der Waals surface area contributed by atoms with Gasteiger partial charge < -0.3 is 19.9 Å². The van der Waals surface area contributed by atoms with Crippen molar-refractivity contribution in [3.05, 3.63) is 71.3 Å². The van der Waals surface area contributed by atoms with Crippen molar-refractivity contribution in [1.29, 1.82) is 0 Å². The normalized spacial score (nSPS) is 11.4. The summed E-state index contributed by atoms with van der Waals surface area (Å²) >= 11 is 5.86. The summed E-state index contributed by atoms with van der Waals surface area (Å²) < 4.78 is 10.9. The Morgan fingerprint density at radius 1 is 1.21 bits per heavy atom. The number of benzene rings is 2. The van der Waals surface area contributed by atoms with Crippen molar-refractivity contribution in [3.63, 3.8) is 0 Å². The molecule has 0 heterocycles. The van der Waals surface area contributed by atoms with E-state index >= 15 is 0 Å². The lowest BCUT2D eigenvalue weighted by molar-refractivity contribution is -0.137. The van der Waals surface area contributed by atoms with Gasteiger partial charge in [-0.3, -0.25) is 9.59 Å². The third-order valence-corrected chi connectivity index (χ3v) is 4.21. The first kappa shape index (κ1) is 21.3. The molecule has 2 rings (SSSR count). The SMILES string of the molecule is C=CCc1ccc(OCC(=O)N[C@H](CC(=O)O)c2ccc(Cl)cc2)c(OC)c1. The summed E-state index contributed by atoms with van der Waals surface area (Å²) in [6, 6.07) is 11.3. The van der Waals surface area contributed by atoms with Crippen LogP contribution in [0.3, 0.4) is 0 Å². The number of hydrogen-bond donors (Lipinski definition) is 2. The van der Waals surface area contributed by atoms with E-state index in [1.165, 1.54) is 7.11 Å². The predicted octanol–water partition coefficient (Wildman–Crippen LogP) is 3.79. The molecule has 0 aliphatic carbocycles. The smallest absolute Gasteiger partial charge is 0.305 e. The van der Waals surface area contributed by atoms with E-state index < -0.39 is 17.9 Å². The monoisotopic (exact) mass is 403 g/mol. The predicted molar refractivity (Wildman–Crippen MR) is 107 cm³/mol. The fourth-order valence-corrected chi connectivity index (χ4v) is 2.75. The standard InChI is InChI=1S/C21H22ClNO5/c1-3-4-14-5-10-18(19(11-14)27-2)28-13-20(24)23-17(12-21(25)26)15-6-8-16(22)9-7-15/h3,5-11,17H,1,4,12-13H2,2H3,(H,23,24)(H,25,26)/t17-/m1/s1. The molecule has 0 radical (unpaired) electrons. The lowest BCUT2D eigenvalue weighted by Gasteiger charge is -2.18. The second-order valence-electron chi connectivity index (χ2n) is 6.04. The van der Waals surface area contributed by atoms with Crippen LogP contribution in [0.15, 0.2) is 55.1 Å². The van der Waals surface area contributed by atoms with Gasteiger partial charge in [-0.25, -0.2) is 0 Å². The summed E-state index contributed by atoms with van der Waals surface area (Å²) in [5.74, 6) is -0.544. The van der Waals surface area contributed by atoms with E-state index in [0.717, 1.165) is 5.56 Å². The lowest BCUT2D eigenvalue weighted by atomic mass is 10.0. The molecule has 0 fully saturated rings. The number of nitrogens with one attached hydrogen (secondary N) is 1. The quantitative estimate of drug-likeness (QED) is 0.589. The number of allylic oxidation sites excluding steroid dienone is 1. The Bertz CT molecular complexity index is 835. The van der Waals surface area contributed by atoms with Gasteiger partial charge in [0, 0.05) is 5.02 Å². The van der Waals surface area contributed by atoms with Crippen molar-refractivity contribution < 1.29 is 24.2 Å². The number of carbonyl (C=O) groups is 2. The number of aliphatic carboxylic acids is 1. The second-order valence-corrected chi connectivity index (χ2v) is 6.47. The van der Waals surface area contributed by atoms with Gasteiger partial charge in [0.1, 0.15) is 0 Å². The van der Waals surface area contributed by atoms with Crippen LogP contribution in [-0.2, 0) is 16.0 Å². The topological polar surface area (TPSA) is 84.9 Å². The van der Waals surface area contributed by atoms with Gasteiger partial charge in [-0.1, -0.05) is 35.9 Å². The molecule has 6 nitrogen and oxygen atoms in total. The summed E-state index contributed by atoms with van der Waals surface area (Å²) in [7, 11) is 1.52. The molecule has 2 aromatic carbocycles. The molecule has 0 aliphatic rings. The van der Waals surface area contributed by atoms with Gasteiger partial charge in [0.15, 0.2) is 18.1 Å². The summed E-state index contributed by atoms with van der Waals surface area (Å²) in [5, 5.41) is 12.3. The molecule has 2 aromatic rings. The van der Waals surface area contributed by atoms with Crippen LogP contribution >= 0.6 is 11.6 Å². The lowest BCUT2D eigenvalue weighted by Crippen LogP contribution is -2.33. The summed E-state index contributed by atoms with van der Waals surface area (Å²) in [5.41, 5.74) is 1.65. The van der Waals surface area contributed by atoms with Crippen molar-refractivity contribution in [2.24, 2.45) is 0 Å². The van der Waals surface area contributed by atoms with Crippen molar-refractivity contribution >= 4 is 23.5 Å². The molecule has 1 amide bonds. The molecule has 0 spiro atoms. The fraction of sp³-hybridized carbons (Fsp3) is 0.238. The van der Waals surface area contributed by atoms with Crippen molar-refractivity contribution in [2.75, 3.05) is 13.7 Å². The van der Waals surface area contributed by atoms with Crippen LogP contribution < -0.4 is 14.8 Å². The van der Waals surface area contributed by atoms with E-state index in [0.29, 0.717) is 28.5 Å². The Morgan fingerprint density at radius 3 is 2.54 bits per heavy atom. The van der Waals surface area contributed by atoms with Crippen LogP contribution in [0.2, 0.25) is 5.02 Å². The van der Waals surface area contributed by atoms with E-state index in [1.54, 1.807) is 36.4 Å². The molecular weight excluding hydrogens is 382 g/mol. The van der Waals surface area contributed by atoms with Gasteiger partial charge in [0.05, 0.1) is 19.6 Å². The van der Waals surface area contributed by atoms with Gasteiger partial charge in [0.2, 0.25) is 0 Å². The zero-order valence-electron chi connectivity index (χ0n) is 15.5. The molecule has 0 aromatic heterocycles. The first-order valence-electron chi connectivity index (χ1n) is 8.60. The number of carboxylic acids is 1. The molecule has 0 saturated heterocycles. The van der Waals surface area contributed by atoms with Crippen LogP contribution in [0.1, 0.15) is 23.6 Å². The molecule has 0 bridgehead atoms. The molecule has 28 heavy (non-hydrogen) atoms. The first-order chi connectivity index (χ1) is 13.4. The number of rotatable bonds is 10. The number of methoxy groups -OCH3 is 1. The highest BCUT2D eigenvalue weighted by molar-refractivity contribution is 6.30. The maximum absolute atomic E-state index is 12.3. The number of halogens is 1. The van der Waals surface area contributed by atoms with Crippen LogP contribution in [0.25, 0.3) is 0 Å².